The molecule has 3 rings (SSSR count). The van der Waals surface area contributed by atoms with Crippen LogP contribution in [0.3, 0.4) is 0 Å². The Bertz CT molecular complexity index is 977. The highest BCUT2D eigenvalue weighted by molar-refractivity contribution is 8.00. The van der Waals surface area contributed by atoms with Crippen LogP contribution in [0.2, 0.25) is 0 Å². The summed E-state index contributed by atoms with van der Waals surface area (Å²) in [5, 5.41) is 8.58. The third-order valence-electron chi connectivity index (χ3n) is 4.78. The van der Waals surface area contributed by atoms with Crippen LogP contribution < -0.4 is 10.7 Å². The molecule has 29 heavy (non-hydrogen) atoms. The Morgan fingerprint density at radius 3 is 2.28 bits per heavy atom. The minimum atomic E-state index is -0.358. The lowest BCUT2D eigenvalue weighted by molar-refractivity contribution is -0.117. The second kappa shape index (κ2) is 8.29. The number of carbonyl (C=O) groups is 1. The molecule has 0 spiro atoms. The first-order chi connectivity index (χ1) is 13.7. The van der Waals surface area contributed by atoms with Crippen molar-refractivity contribution < 1.29 is 4.79 Å². The number of hydrogen-bond acceptors (Lipinski definition) is 5. The van der Waals surface area contributed by atoms with E-state index in [9.17, 15) is 4.79 Å². The molecule has 1 amide bonds. The molecule has 2 N–H and O–H groups in total. The summed E-state index contributed by atoms with van der Waals surface area (Å²) in [6, 6.07) is 17.7. The molecule has 0 aliphatic carbocycles. The molecule has 152 valence electrons. The Labute approximate surface area is 176 Å². The van der Waals surface area contributed by atoms with Crippen LogP contribution in [0.15, 0.2) is 59.8 Å². The highest BCUT2D eigenvalue weighted by Crippen LogP contribution is 2.28. The number of hydrogen-bond donors (Lipinski definition) is 1. The number of para-hydroxylation sites is 1. The Morgan fingerprint density at radius 1 is 1.07 bits per heavy atom. The van der Waals surface area contributed by atoms with E-state index >= 15 is 0 Å². The van der Waals surface area contributed by atoms with Crippen LogP contribution >= 0.6 is 11.8 Å². The summed E-state index contributed by atoms with van der Waals surface area (Å²) in [6.45, 7) is 8.37. The second-order valence-electron chi connectivity index (χ2n) is 8.00. The standard InChI is InChI=1S/C22H27N5OS/c1-15(20(28)26(5)18-9-7-6-8-10-18)29-21-25-24-19(27(21)23)16-11-13-17(14-12-16)22(2,3)4/h6-15H,23H2,1-5H3/t15-/m0/s1. The third kappa shape index (κ3) is 4.62. The summed E-state index contributed by atoms with van der Waals surface area (Å²) in [6.07, 6.45) is 0. The number of benzene rings is 2. The van der Waals surface area contributed by atoms with Crippen molar-refractivity contribution in [1.82, 2.24) is 14.9 Å². The number of aromatic nitrogens is 3. The molecule has 0 fully saturated rings. The second-order valence-corrected chi connectivity index (χ2v) is 9.30. The highest BCUT2D eigenvalue weighted by Gasteiger charge is 2.23. The van der Waals surface area contributed by atoms with Crippen molar-refractivity contribution >= 4 is 23.4 Å². The maximum Gasteiger partial charge on any atom is 0.240 e. The lowest BCUT2D eigenvalue weighted by Crippen LogP contribution is -2.33. The molecule has 0 aliphatic heterocycles. The van der Waals surface area contributed by atoms with Gasteiger partial charge < -0.3 is 10.7 Å². The summed E-state index contributed by atoms with van der Waals surface area (Å²) in [5.74, 6) is 6.79. The summed E-state index contributed by atoms with van der Waals surface area (Å²) in [5.41, 5.74) is 3.05. The Kier molecular flexibility index (Phi) is 5.98. The average molecular weight is 410 g/mol. The van der Waals surface area contributed by atoms with Crippen molar-refractivity contribution in [3.63, 3.8) is 0 Å². The lowest BCUT2D eigenvalue weighted by atomic mass is 9.87. The van der Waals surface area contributed by atoms with Crippen LogP contribution in [0.25, 0.3) is 11.4 Å². The van der Waals surface area contributed by atoms with E-state index in [4.69, 9.17) is 5.84 Å². The Morgan fingerprint density at radius 2 is 1.69 bits per heavy atom. The van der Waals surface area contributed by atoms with Gasteiger partial charge >= 0.3 is 0 Å². The van der Waals surface area contributed by atoms with Crippen molar-refractivity contribution in [3.8, 4) is 11.4 Å². The summed E-state index contributed by atoms with van der Waals surface area (Å²) < 4.78 is 1.45. The van der Waals surface area contributed by atoms with Gasteiger partial charge in [-0.15, -0.1) is 10.2 Å². The number of carbonyl (C=O) groups excluding carboxylic acids is 1. The van der Waals surface area contributed by atoms with Gasteiger partial charge in [0.2, 0.25) is 11.1 Å². The Balaban J connectivity index is 1.75. The number of thioether (sulfide) groups is 1. The minimum Gasteiger partial charge on any atom is -0.335 e. The molecule has 2 aromatic carbocycles. The summed E-state index contributed by atoms with van der Waals surface area (Å²) in [7, 11) is 1.77. The van der Waals surface area contributed by atoms with E-state index in [2.05, 4.69) is 43.1 Å². The van der Waals surface area contributed by atoms with Gasteiger partial charge in [-0.2, -0.15) is 0 Å². The van der Waals surface area contributed by atoms with Crippen LogP contribution in [0, 0.1) is 0 Å². The zero-order valence-electron chi connectivity index (χ0n) is 17.5. The van der Waals surface area contributed by atoms with Crippen molar-refractivity contribution in [2.45, 2.75) is 43.5 Å². The van der Waals surface area contributed by atoms with Gasteiger partial charge in [-0.05, 0) is 30.0 Å². The quantitative estimate of drug-likeness (QED) is 0.507. The number of nitrogens with two attached hydrogens (primary N) is 1. The Hall–Kier alpha value is -2.80. The maximum atomic E-state index is 12.8. The van der Waals surface area contributed by atoms with Gasteiger partial charge in [0, 0.05) is 18.3 Å². The SMILES string of the molecule is C[C@H](Sc1nnc(-c2ccc(C(C)(C)C)cc2)n1N)C(=O)N(C)c1ccccc1. The van der Waals surface area contributed by atoms with Crippen LogP contribution in [0.1, 0.15) is 33.3 Å². The number of nitrogen functional groups attached to an aromatic ring is 1. The van der Waals surface area contributed by atoms with E-state index in [1.54, 1.807) is 11.9 Å². The summed E-state index contributed by atoms with van der Waals surface area (Å²) >= 11 is 1.30. The normalized spacial score (nSPS) is 12.6. The predicted octanol–water partition coefficient (Wildman–Crippen LogP) is 4.10. The fourth-order valence-corrected chi connectivity index (χ4v) is 3.80. The predicted molar refractivity (Wildman–Crippen MR) is 119 cm³/mol. The van der Waals surface area contributed by atoms with E-state index in [-0.39, 0.29) is 16.6 Å². The van der Waals surface area contributed by atoms with Gasteiger partial charge in [-0.3, -0.25) is 4.79 Å². The van der Waals surface area contributed by atoms with Gasteiger partial charge in [0.25, 0.3) is 0 Å². The van der Waals surface area contributed by atoms with Crippen LogP contribution in [-0.2, 0) is 10.2 Å². The first kappa shape index (κ1) is 20.9. The van der Waals surface area contributed by atoms with E-state index in [0.29, 0.717) is 11.0 Å². The highest BCUT2D eigenvalue weighted by atomic mass is 32.2. The number of rotatable bonds is 5. The van der Waals surface area contributed by atoms with E-state index < -0.39 is 0 Å². The van der Waals surface area contributed by atoms with Crippen LogP contribution in [-0.4, -0.2) is 33.1 Å². The van der Waals surface area contributed by atoms with Gasteiger partial charge in [-0.1, -0.05) is 75.0 Å². The molecule has 1 heterocycles. The molecule has 0 aliphatic rings. The molecule has 0 unspecified atom stereocenters. The van der Waals surface area contributed by atoms with Crippen molar-refractivity contribution in [2.24, 2.45) is 0 Å². The molecular formula is C22H27N5OS. The topological polar surface area (TPSA) is 77.0 Å². The minimum absolute atomic E-state index is 0.0275. The zero-order chi connectivity index (χ0) is 21.2. The lowest BCUT2D eigenvalue weighted by Gasteiger charge is -2.20. The van der Waals surface area contributed by atoms with E-state index in [1.807, 2.05) is 49.4 Å². The van der Waals surface area contributed by atoms with Crippen LogP contribution in [0.4, 0.5) is 5.69 Å². The molecule has 6 nitrogen and oxygen atoms in total. The van der Waals surface area contributed by atoms with Gasteiger partial charge in [0.1, 0.15) is 0 Å². The van der Waals surface area contributed by atoms with Crippen molar-refractivity contribution in [2.75, 3.05) is 17.8 Å². The first-order valence-electron chi connectivity index (χ1n) is 9.49. The first-order valence-corrected chi connectivity index (χ1v) is 10.4. The summed E-state index contributed by atoms with van der Waals surface area (Å²) in [4.78, 5) is 14.4. The van der Waals surface area contributed by atoms with Crippen molar-refractivity contribution in [1.29, 1.82) is 0 Å². The van der Waals surface area contributed by atoms with Gasteiger partial charge in [-0.25, -0.2) is 4.68 Å². The van der Waals surface area contributed by atoms with Crippen molar-refractivity contribution in [3.05, 3.63) is 60.2 Å². The average Bonchev–Trinajstić information content (AvgIpc) is 3.07. The van der Waals surface area contributed by atoms with Gasteiger partial charge in [0.05, 0.1) is 5.25 Å². The fraction of sp³-hybridized carbons (Fsp3) is 0.318. The molecule has 0 saturated heterocycles. The van der Waals surface area contributed by atoms with Crippen LogP contribution in [0.5, 0.6) is 0 Å². The molecule has 7 heteroatoms. The number of amides is 1. The monoisotopic (exact) mass is 409 g/mol. The number of nitrogens with zero attached hydrogens (tertiary/aromatic N) is 4. The smallest absolute Gasteiger partial charge is 0.240 e. The van der Waals surface area contributed by atoms with E-state index in [0.717, 1.165) is 11.3 Å². The maximum absolute atomic E-state index is 12.8. The third-order valence-corrected chi connectivity index (χ3v) is 5.82. The molecule has 0 bridgehead atoms. The number of anilines is 1. The molecule has 1 atom stereocenters. The van der Waals surface area contributed by atoms with Gasteiger partial charge in [0.15, 0.2) is 5.82 Å². The molecule has 1 aromatic heterocycles. The molecule has 0 radical (unpaired) electrons. The molecule has 3 aromatic rings. The van der Waals surface area contributed by atoms with E-state index in [1.165, 1.54) is 22.0 Å². The largest absolute Gasteiger partial charge is 0.335 e. The fourth-order valence-electron chi connectivity index (χ4n) is 2.93. The zero-order valence-corrected chi connectivity index (χ0v) is 18.3. The molecule has 0 saturated carbocycles. The molecular weight excluding hydrogens is 382 g/mol.